The summed E-state index contributed by atoms with van der Waals surface area (Å²) in [4.78, 5) is 34.0. The molecule has 10 nitrogen and oxygen atoms in total. The average Bonchev–Trinajstić information content (AvgIpc) is 3.20. The lowest BCUT2D eigenvalue weighted by atomic mass is 10.2. The molecule has 4 rings (SSSR count). The zero-order chi connectivity index (χ0) is 21.1. The Morgan fingerprint density at radius 3 is 2.73 bits per heavy atom. The van der Waals surface area contributed by atoms with Crippen LogP contribution in [0.4, 0.5) is 11.1 Å². The van der Waals surface area contributed by atoms with E-state index in [1.54, 1.807) is 44.6 Å². The number of nitrogens with two attached hydrogens (primary N) is 1. The van der Waals surface area contributed by atoms with E-state index in [0.29, 0.717) is 59.4 Å². The number of benzene rings is 1. The predicted molar refractivity (Wildman–Crippen MR) is 113 cm³/mol. The van der Waals surface area contributed by atoms with Crippen LogP contribution in [0.3, 0.4) is 0 Å². The molecule has 0 bridgehead atoms. The molecular weight excluding hydrogens is 406 g/mol. The summed E-state index contributed by atoms with van der Waals surface area (Å²) in [6.45, 7) is 2.53. The predicted octanol–water partition coefficient (Wildman–Crippen LogP) is 1.91. The van der Waals surface area contributed by atoms with Gasteiger partial charge in [0.05, 0.1) is 24.3 Å². The fourth-order valence-electron chi connectivity index (χ4n) is 2.85. The summed E-state index contributed by atoms with van der Waals surface area (Å²) in [5.41, 5.74) is 6.28. The number of morpholine rings is 1. The highest BCUT2D eigenvalue weighted by Crippen LogP contribution is 2.29. The highest BCUT2D eigenvalue weighted by Gasteiger charge is 2.19. The topological polar surface area (TPSA) is 120 Å². The second kappa shape index (κ2) is 8.59. The monoisotopic (exact) mass is 427 g/mol. The first kappa shape index (κ1) is 20.0. The first-order chi connectivity index (χ1) is 14.5. The van der Waals surface area contributed by atoms with Gasteiger partial charge in [-0.25, -0.2) is 4.98 Å². The molecule has 1 aliphatic heterocycles. The SMILES string of the molecule is CN(C)C(=O)c1cccc(Oc2nc(-c3cnc(N)s3)nc(N3CCOCC3)n2)c1. The first-order valence-electron chi connectivity index (χ1n) is 9.29. The summed E-state index contributed by atoms with van der Waals surface area (Å²) in [6.07, 6.45) is 1.62. The Morgan fingerprint density at radius 1 is 1.23 bits per heavy atom. The van der Waals surface area contributed by atoms with E-state index in [9.17, 15) is 4.79 Å². The van der Waals surface area contributed by atoms with Gasteiger partial charge >= 0.3 is 6.01 Å². The number of amides is 1. The van der Waals surface area contributed by atoms with Crippen molar-refractivity contribution in [3.05, 3.63) is 36.0 Å². The van der Waals surface area contributed by atoms with Gasteiger partial charge in [0, 0.05) is 32.7 Å². The zero-order valence-corrected chi connectivity index (χ0v) is 17.4. The second-order valence-electron chi connectivity index (χ2n) is 6.73. The lowest BCUT2D eigenvalue weighted by Gasteiger charge is -2.26. The fraction of sp³-hybridized carbons (Fsp3) is 0.316. The molecule has 2 N–H and O–H groups in total. The van der Waals surface area contributed by atoms with Gasteiger partial charge in [0.1, 0.15) is 5.75 Å². The van der Waals surface area contributed by atoms with Crippen LogP contribution < -0.4 is 15.4 Å². The molecule has 0 saturated carbocycles. The zero-order valence-electron chi connectivity index (χ0n) is 16.6. The molecule has 1 aliphatic rings. The molecular formula is C19H21N7O3S. The van der Waals surface area contributed by atoms with Crippen molar-refractivity contribution in [1.82, 2.24) is 24.8 Å². The standard InChI is InChI=1S/C19H21N7O3S/c1-25(2)16(27)12-4-3-5-13(10-12)29-19-23-15(14-11-21-17(20)30-14)22-18(24-19)26-6-8-28-9-7-26/h3-5,10-11H,6-9H2,1-2H3,(H2,20,21). The third-order valence-corrected chi connectivity index (χ3v) is 5.16. The van der Waals surface area contributed by atoms with Crippen LogP contribution in [0.2, 0.25) is 0 Å². The summed E-state index contributed by atoms with van der Waals surface area (Å²) in [5.74, 6) is 1.25. The maximum atomic E-state index is 12.2. The van der Waals surface area contributed by atoms with Crippen molar-refractivity contribution in [1.29, 1.82) is 0 Å². The first-order valence-corrected chi connectivity index (χ1v) is 10.1. The summed E-state index contributed by atoms with van der Waals surface area (Å²) in [5, 5.41) is 0.427. The number of thiazole rings is 1. The quantitative estimate of drug-likeness (QED) is 0.651. The lowest BCUT2D eigenvalue weighted by Crippen LogP contribution is -2.37. The molecule has 1 saturated heterocycles. The number of carbonyl (C=O) groups excluding carboxylic acids is 1. The number of nitrogen functional groups attached to an aromatic ring is 1. The number of ether oxygens (including phenoxy) is 2. The Labute approximate surface area is 177 Å². The van der Waals surface area contributed by atoms with Gasteiger partial charge in [-0.05, 0) is 18.2 Å². The third kappa shape index (κ3) is 4.47. The summed E-state index contributed by atoms with van der Waals surface area (Å²) in [7, 11) is 3.40. The Balaban J connectivity index is 1.68. The molecule has 11 heteroatoms. The molecule has 156 valence electrons. The van der Waals surface area contributed by atoms with Crippen LogP contribution in [0, 0.1) is 0 Å². The molecule has 0 spiro atoms. The van der Waals surface area contributed by atoms with Crippen LogP contribution in [-0.2, 0) is 4.74 Å². The van der Waals surface area contributed by atoms with Crippen LogP contribution in [0.1, 0.15) is 10.4 Å². The van der Waals surface area contributed by atoms with Crippen LogP contribution in [-0.4, -0.2) is 71.1 Å². The van der Waals surface area contributed by atoms with Crippen molar-refractivity contribution in [2.75, 3.05) is 51.0 Å². The minimum atomic E-state index is -0.120. The van der Waals surface area contributed by atoms with Gasteiger partial charge in [0.15, 0.2) is 11.0 Å². The van der Waals surface area contributed by atoms with Crippen molar-refractivity contribution in [2.24, 2.45) is 0 Å². The summed E-state index contributed by atoms with van der Waals surface area (Å²) in [6, 6.07) is 7.01. The number of nitrogens with zero attached hydrogens (tertiary/aromatic N) is 6. The maximum Gasteiger partial charge on any atom is 0.327 e. The highest BCUT2D eigenvalue weighted by molar-refractivity contribution is 7.18. The van der Waals surface area contributed by atoms with Crippen molar-refractivity contribution in [3.63, 3.8) is 0 Å². The van der Waals surface area contributed by atoms with E-state index in [2.05, 4.69) is 19.9 Å². The van der Waals surface area contributed by atoms with Crippen molar-refractivity contribution >= 4 is 28.3 Å². The lowest BCUT2D eigenvalue weighted by molar-refractivity contribution is 0.0827. The Kier molecular flexibility index (Phi) is 5.72. The van der Waals surface area contributed by atoms with E-state index in [1.165, 1.54) is 16.2 Å². The largest absolute Gasteiger partial charge is 0.424 e. The van der Waals surface area contributed by atoms with E-state index in [-0.39, 0.29) is 11.9 Å². The van der Waals surface area contributed by atoms with E-state index >= 15 is 0 Å². The van der Waals surface area contributed by atoms with E-state index < -0.39 is 0 Å². The molecule has 1 fully saturated rings. The Bertz CT molecular complexity index is 1050. The molecule has 3 heterocycles. The van der Waals surface area contributed by atoms with Crippen LogP contribution in [0.15, 0.2) is 30.5 Å². The molecule has 2 aromatic heterocycles. The Morgan fingerprint density at radius 2 is 2.03 bits per heavy atom. The summed E-state index contributed by atoms with van der Waals surface area (Å²) >= 11 is 1.29. The average molecular weight is 427 g/mol. The minimum absolute atomic E-state index is 0.120. The van der Waals surface area contributed by atoms with Gasteiger partial charge in [-0.1, -0.05) is 17.4 Å². The van der Waals surface area contributed by atoms with E-state index in [1.807, 2.05) is 4.90 Å². The normalized spacial score (nSPS) is 13.9. The molecule has 30 heavy (non-hydrogen) atoms. The summed E-state index contributed by atoms with van der Waals surface area (Å²) < 4.78 is 11.3. The molecule has 1 aromatic carbocycles. The van der Waals surface area contributed by atoms with Gasteiger partial charge in [0.2, 0.25) is 5.95 Å². The van der Waals surface area contributed by atoms with Crippen molar-refractivity contribution in [2.45, 2.75) is 0 Å². The molecule has 0 aliphatic carbocycles. The molecule has 0 atom stereocenters. The van der Waals surface area contributed by atoms with E-state index in [0.717, 1.165) is 0 Å². The molecule has 1 amide bonds. The number of carbonyl (C=O) groups is 1. The fourth-order valence-corrected chi connectivity index (χ4v) is 3.47. The number of aromatic nitrogens is 4. The van der Waals surface area contributed by atoms with Gasteiger partial charge in [-0.15, -0.1) is 0 Å². The minimum Gasteiger partial charge on any atom is -0.424 e. The number of hydrogen-bond acceptors (Lipinski definition) is 10. The van der Waals surface area contributed by atoms with Crippen LogP contribution in [0.25, 0.3) is 10.7 Å². The third-order valence-electron chi connectivity index (χ3n) is 4.34. The smallest absolute Gasteiger partial charge is 0.327 e. The number of anilines is 2. The number of rotatable bonds is 5. The van der Waals surface area contributed by atoms with E-state index in [4.69, 9.17) is 15.2 Å². The van der Waals surface area contributed by atoms with Gasteiger partial charge < -0.3 is 25.0 Å². The highest BCUT2D eigenvalue weighted by atomic mass is 32.1. The molecule has 0 unspecified atom stereocenters. The molecule has 3 aromatic rings. The van der Waals surface area contributed by atoms with Crippen LogP contribution >= 0.6 is 11.3 Å². The molecule has 0 radical (unpaired) electrons. The van der Waals surface area contributed by atoms with Crippen molar-refractivity contribution in [3.8, 4) is 22.5 Å². The van der Waals surface area contributed by atoms with Gasteiger partial charge in [-0.2, -0.15) is 15.0 Å². The second-order valence-corrected chi connectivity index (χ2v) is 7.80. The van der Waals surface area contributed by atoms with Crippen molar-refractivity contribution < 1.29 is 14.3 Å². The van der Waals surface area contributed by atoms with Crippen LogP contribution in [0.5, 0.6) is 11.8 Å². The number of hydrogen-bond donors (Lipinski definition) is 1. The van der Waals surface area contributed by atoms with Gasteiger partial charge in [0.25, 0.3) is 5.91 Å². The maximum absolute atomic E-state index is 12.2. The van der Waals surface area contributed by atoms with Gasteiger partial charge in [-0.3, -0.25) is 4.79 Å². The Hall–Kier alpha value is -3.31.